The lowest BCUT2D eigenvalue weighted by molar-refractivity contribution is 0.00578. The Morgan fingerprint density at radius 3 is 1.20 bits per heavy atom. The number of aliphatic hydroxyl groups is 1. The van der Waals surface area contributed by atoms with E-state index in [-0.39, 0.29) is 92.3 Å². The van der Waals surface area contributed by atoms with Crippen LogP contribution in [0, 0.1) is 23.3 Å². The molecule has 0 radical (unpaired) electrons. The van der Waals surface area contributed by atoms with E-state index in [0.29, 0.717) is 78.7 Å². The highest BCUT2D eigenvalue weighted by atomic mass is 79.9. The number of halogens is 7. The van der Waals surface area contributed by atoms with Crippen molar-refractivity contribution in [1.29, 1.82) is 0 Å². The van der Waals surface area contributed by atoms with Crippen LogP contribution in [0.15, 0.2) is 252 Å². The van der Waals surface area contributed by atoms with E-state index in [0.717, 1.165) is 121 Å². The Kier molecular flexibility index (Phi) is 33.6. The predicted octanol–water partition coefficient (Wildman–Crippen LogP) is 20.6. The average molecular weight is 2020 g/mol. The summed E-state index contributed by atoms with van der Waals surface area (Å²) in [5, 5.41) is 29.8. The molecule has 36 heteroatoms. The molecule has 28 nitrogen and oxygen atoms in total. The van der Waals surface area contributed by atoms with Crippen LogP contribution in [-0.2, 0) is 45.2 Å². The SMILES string of the molecule is CC(C)(C)OC(=O)N1CCC[C@@H]1COc1ccc(-c2cnc3ccc(OCc4cccc(F)c4)nn23)cc1.CC(C)(C)OC(=O)N1CCC[C@@H]1COc1ccc(B2OC(C)(C)C(C)(C)O2)cc1.Clc1ccc2ncc(Br)n2n1.Fc1cccc(COc2ccc3ncc(-c4ccc(OC[C@H]5CCCN5)cc4)n3n2)c1.Fc1cccc(COc2ccc3ncc(Br)n3n2)c1.OCc1cccc(F)c1. The number of carbonyl (C=O) groups is 2. The number of carbonyl (C=O) groups excluding carboxylic acids is 2. The molecule has 19 rings (SSSR count). The van der Waals surface area contributed by atoms with Crippen LogP contribution in [0.1, 0.15) is 130 Å². The molecule has 137 heavy (non-hydrogen) atoms. The fourth-order valence-corrected chi connectivity index (χ4v) is 15.6. The summed E-state index contributed by atoms with van der Waals surface area (Å²) in [6, 6.07) is 62.9. The molecule has 4 saturated heterocycles. The normalized spacial score (nSPS) is 15.9. The Labute approximate surface area is 813 Å². The number of hydrogen-bond acceptors (Lipinski definition) is 22. The lowest BCUT2D eigenvalue weighted by Gasteiger charge is -2.32. The number of aliphatic hydroxyl groups excluding tert-OH is 1. The van der Waals surface area contributed by atoms with Gasteiger partial charge in [0.05, 0.1) is 66.1 Å². The molecule has 0 bridgehead atoms. The number of nitrogens with zero attached hydrogens (tertiary/aromatic N) is 14. The first-order valence-electron chi connectivity index (χ1n) is 44.8. The largest absolute Gasteiger partial charge is 0.494 e. The maximum atomic E-state index is 13.4. The van der Waals surface area contributed by atoms with E-state index in [1.54, 1.807) is 132 Å². The first kappa shape index (κ1) is 100. The van der Waals surface area contributed by atoms with Crippen molar-refractivity contribution in [1.82, 2.24) is 73.5 Å². The summed E-state index contributed by atoms with van der Waals surface area (Å²) >= 11 is 12.3. The number of imidazole rings is 4. The van der Waals surface area contributed by atoms with Gasteiger partial charge < -0.3 is 67.4 Å². The van der Waals surface area contributed by atoms with Gasteiger partial charge in [-0.05, 0) is 313 Å². The first-order chi connectivity index (χ1) is 65.7. The number of ether oxygens (including phenoxy) is 8. The van der Waals surface area contributed by atoms with Crippen molar-refractivity contribution in [3.8, 4) is 57.4 Å². The molecule has 15 aromatic rings. The number of aromatic nitrogens is 12. The third-order valence-corrected chi connectivity index (χ3v) is 23.7. The molecule has 4 fully saturated rings. The molecule has 0 saturated carbocycles. The lowest BCUT2D eigenvalue weighted by atomic mass is 9.79. The fraction of sp³-hybridized carbons (Fsp3) is 0.327. The maximum Gasteiger partial charge on any atom is 0.494 e. The monoisotopic (exact) mass is 2020 g/mol. The number of hydrogen-bond donors (Lipinski definition) is 2. The van der Waals surface area contributed by atoms with Crippen LogP contribution in [-0.4, -0.2) is 173 Å². The van der Waals surface area contributed by atoms with E-state index in [2.05, 4.69) is 77.5 Å². The zero-order valence-electron chi connectivity index (χ0n) is 77.5. The molecule has 12 heterocycles. The maximum absolute atomic E-state index is 13.4. The van der Waals surface area contributed by atoms with Gasteiger partial charge in [0, 0.05) is 48.5 Å². The summed E-state index contributed by atoms with van der Waals surface area (Å²) in [7, 11) is -0.383. The van der Waals surface area contributed by atoms with Crippen molar-refractivity contribution < 1.29 is 79.5 Å². The number of likely N-dealkylation sites (tertiary alicyclic amines) is 2. The van der Waals surface area contributed by atoms with Gasteiger partial charge in [0.1, 0.15) is 106 Å². The zero-order valence-corrected chi connectivity index (χ0v) is 81.4. The standard InChI is InChI=1S/C29H31FN4O4.C24H23FN4O2.C22H34BNO5.C13H9BrFN3O.C7H7FO.C6H3BrClN3/c1-29(2,3)38-28(35)33-15-5-8-23(33)19-36-24-11-9-21(10-12-24)25-17-31-26-13-14-27(32-34(25)26)37-18-20-6-4-7-22(30)16-20;25-19-4-1-3-17(13-19)15-31-24-11-10-23-27-14-22(29(23)28-24)18-6-8-21(9-7-18)30-16-20-5-2-12-26-20;1-20(2,3)27-19(25)24-14-8-9-17(24)15-26-18-12-10-16(11-13-18)23-28-21(4,5)22(6,7)29-23;14-11-7-16-12-4-5-13(17-18(11)12)19-8-9-2-1-3-10(15)6-9;8-7-3-1-2-6(4-7)5-9;7-4-3-9-6-2-1-5(8)10-11(4)6/h4,6-7,9-14,16-17,23H,5,8,15,18-19H2,1-3H3;1,3-4,6-11,13-14,20,26H,2,5,12,15-16H2;10-13,17H,8-9,14-15H2,1-7H3;1-7H,8H2;1-4,9H,5H2;1-3H/t23-;20-;17-;;;/m111.../s1. The summed E-state index contributed by atoms with van der Waals surface area (Å²) in [6.07, 6.45) is 12.4. The summed E-state index contributed by atoms with van der Waals surface area (Å²) in [5.41, 5.74) is 8.52. The third kappa shape index (κ3) is 28.2. The Morgan fingerprint density at radius 1 is 0.453 bits per heavy atom. The van der Waals surface area contributed by atoms with Gasteiger partial charge in [0.2, 0.25) is 17.6 Å². The zero-order chi connectivity index (χ0) is 97.0. The van der Waals surface area contributed by atoms with Crippen LogP contribution in [0.4, 0.5) is 27.2 Å². The second kappa shape index (κ2) is 45.9. The van der Waals surface area contributed by atoms with Gasteiger partial charge in [-0.2, -0.15) is 5.10 Å². The van der Waals surface area contributed by atoms with Crippen LogP contribution in [0.2, 0.25) is 5.15 Å². The molecule has 4 aliphatic rings. The molecule has 0 unspecified atom stereocenters. The summed E-state index contributed by atoms with van der Waals surface area (Å²) in [4.78, 5) is 45.5. The highest BCUT2D eigenvalue weighted by Crippen LogP contribution is 2.38. The lowest BCUT2D eigenvalue weighted by Crippen LogP contribution is -2.42. The Balaban J connectivity index is 0.000000138. The molecular weight excluding hydrogens is 1910 g/mol. The predicted molar refractivity (Wildman–Crippen MR) is 519 cm³/mol. The molecule has 3 atom stereocenters. The van der Waals surface area contributed by atoms with Crippen LogP contribution in [0.25, 0.3) is 45.1 Å². The van der Waals surface area contributed by atoms with E-state index < -0.39 is 11.2 Å². The molecule has 2 N–H and O–H groups in total. The molecule has 7 aromatic carbocycles. The van der Waals surface area contributed by atoms with Crippen LogP contribution in [0.5, 0.6) is 34.9 Å². The van der Waals surface area contributed by atoms with Gasteiger partial charge >= 0.3 is 19.3 Å². The van der Waals surface area contributed by atoms with Gasteiger partial charge in [-0.25, -0.2) is 65.1 Å². The Hall–Kier alpha value is -12.8. The molecule has 0 aliphatic carbocycles. The average Bonchev–Trinajstić information content (AvgIpc) is 1.61. The summed E-state index contributed by atoms with van der Waals surface area (Å²) in [5.74, 6) is 2.46. The minimum atomic E-state index is -0.526. The Morgan fingerprint density at radius 2 is 0.818 bits per heavy atom. The van der Waals surface area contributed by atoms with E-state index in [4.69, 9.17) is 63.9 Å². The molecule has 716 valence electrons. The first-order valence-corrected chi connectivity index (χ1v) is 46.8. The van der Waals surface area contributed by atoms with Gasteiger partial charge in [-0.1, -0.05) is 72.3 Å². The van der Waals surface area contributed by atoms with Gasteiger partial charge in [-0.3, -0.25) is 0 Å². The highest BCUT2D eigenvalue weighted by molar-refractivity contribution is 9.10. The number of amides is 2. The van der Waals surface area contributed by atoms with Crippen molar-refractivity contribution in [2.24, 2.45) is 0 Å². The number of rotatable bonds is 22. The topological polar surface area (TPSA) is 286 Å². The van der Waals surface area contributed by atoms with Crippen molar-refractivity contribution in [2.75, 3.05) is 39.5 Å². The van der Waals surface area contributed by atoms with Crippen LogP contribution >= 0.6 is 43.5 Å². The minimum Gasteiger partial charge on any atom is -0.492 e. The van der Waals surface area contributed by atoms with Crippen molar-refractivity contribution in [3.05, 3.63) is 303 Å². The quantitative estimate of drug-likeness (QED) is 0.0471. The number of benzene rings is 7. The van der Waals surface area contributed by atoms with E-state index in [1.807, 2.05) is 160 Å². The highest BCUT2D eigenvalue weighted by Gasteiger charge is 2.52. The summed E-state index contributed by atoms with van der Waals surface area (Å²) in [6.45, 7) is 24.0. The molecule has 0 spiro atoms. The van der Waals surface area contributed by atoms with E-state index in [1.165, 1.54) is 55.0 Å². The van der Waals surface area contributed by atoms with Crippen molar-refractivity contribution >= 4 is 90.8 Å². The number of fused-ring (bicyclic) bond motifs is 4. The second-order valence-corrected chi connectivity index (χ2v) is 37.6. The van der Waals surface area contributed by atoms with Crippen molar-refractivity contribution in [3.63, 3.8) is 0 Å². The second-order valence-electron chi connectivity index (χ2n) is 35.6. The van der Waals surface area contributed by atoms with Gasteiger partial charge in [0.15, 0.2) is 22.6 Å². The van der Waals surface area contributed by atoms with Gasteiger partial charge in [-0.15, -0.1) is 15.3 Å². The van der Waals surface area contributed by atoms with Gasteiger partial charge in [0.25, 0.3) is 0 Å². The molecule has 2 amide bonds. The summed E-state index contributed by atoms with van der Waals surface area (Å²) < 4.78 is 119. The third-order valence-electron chi connectivity index (χ3n) is 22.4. The minimum absolute atomic E-state index is 0.0155. The molecule has 4 aliphatic heterocycles. The Bertz CT molecular complexity index is 6530. The fourth-order valence-electron chi connectivity index (χ4n) is 14.7. The smallest absolute Gasteiger partial charge is 0.492 e. The van der Waals surface area contributed by atoms with Crippen molar-refractivity contribution in [2.45, 2.75) is 175 Å². The van der Waals surface area contributed by atoms with Crippen LogP contribution in [0.3, 0.4) is 0 Å². The molecular formula is C101H107BBr2ClF4N15O13. The molecule has 8 aromatic heterocycles. The van der Waals surface area contributed by atoms with E-state index in [9.17, 15) is 27.2 Å². The number of nitrogens with one attached hydrogen (secondary N) is 1. The van der Waals surface area contributed by atoms with Crippen LogP contribution < -0.4 is 39.2 Å². The van der Waals surface area contributed by atoms with E-state index >= 15 is 0 Å².